The molecule has 0 bridgehead atoms. The van der Waals surface area contributed by atoms with Crippen molar-refractivity contribution in [2.75, 3.05) is 0 Å². The van der Waals surface area contributed by atoms with Crippen LogP contribution in [0.1, 0.15) is 28.0 Å². The van der Waals surface area contributed by atoms with Crippen molar-refractivity contribution in [1.29, 1.82) is 5.26 Å². The lowest BCUT2D eigenvalue weighted by molar-refractivity contribution is 0.108. The molecule has 1 aromatic heterocycles. The Labute approximate surface area is 82.9 Å². The molecule has 0 unspecified atom stereocenters. The van der Waals surface area contributed by atoms with Crippen LogP contribution in [0.15, 0.2) is 12.3 Å². The van der Waals surface area contributed by atoms with Crippen molar-refractivity contribution in [1.82, 2.24) is 4.98 Å². The quantitative estimate of drug-likeness (QED) is 0.713. The summed E-state index contributed by atoms with van der Waals surface area (Å²) < 4.78 is 24.3. The first-order chi connectivity index (χ1) is 6.56. The zero-order valence-electron chi connectivity index (χ0n) is 6.67. The van der Waals surface area contributed by atoms with Crippen LogP contribution >= 0.6 is 11.6 Å². The molecule has 0 aliphatic carbocycles. The first-order valence-corrected chi connectivity index (χ1v) is 3.82. The number of rotatable bonds is 2. The summed E-state index contributed by atoms with van der Waals surface area (Å²) in [6, 6.07) is 2.45. The normalized spacial score (nSPS) is 9.93. The summed E-state index contributed by atoms with van der Waals surface area (Å²) in [7, 11) is 0. The lowest BCUT2D eigenvalue weighted by Crippen LogP contribution is -2.00. The standard InChI is InChI=1S/C8H3ClF2N2O/c9-7(14)5-1-4(8(10)11)3-13-6(5)2-12/h1,3,8H. The Morgan fingerprint density at radius 1 is 1.64 bits per heavy atom. The van der Waals surface area contributed by atoms with Gasteiger partial charge in [-0.15, -0.1) is 0 Å². The molecular weight excluding hydrogens is 214 g/mol. The van der Waals surface area contributed by atoms with Gasteiger partial charge in [-0.1, -0.05) is 0 Å². The summed E-state index contributed by atoms with van der Waals surface area (Å²) in [5, 5.41) is 7.51. The largest absolute Gasteiger partial charge is 0.275 e. The number of carbonyl (C=O) groups excluding carboxylic acids is 1. The van der Waals surface area contributed by atoms with Gasteiger partial charge in [-0.25, -0.2) is 13.8 Å². The van der Waals surface area contributed by atoms with E-state index in [1.165, 1.54) is 0 Å². The van der Waals surface area contributed by atoms with Crippen LogP contribution in [0.2, 0.25) is 0 Å². The van der Waals surface area contributed by atoms with Gasteiger partial charge in [0.1, 0.15) is 6.07 Å². The average molecular weight is 217 g/mol. The summed E-state index contributed by atoms with van der Waals surface area (Å²) >= 11 is 5.09. The molecule has 6 heteroatoms. The number of nitrogens with zero attached hydrogens (tertiary/aromatic N) is 2. The van der Waals surface area contributed by atoms with E-state index in [2.05, 4.69) is 4.98 Å². The van der Waals surface area contributed by atoms with Gasteiger partial charge in [0.15, 0.2) is 5.69 Å². The molecule has 0 atom stereocenters. The Hall–Kier alpha value is -1.54. The van der Waals surface area contributed by atoms with Gasteiger partial charge in [-0.3, -0.25) is 4.79 Å². The summed E-state index contributed by atoms with van der Waals surface area (Å²) in [4.78, 5) is 14.1. The topological polar surface area (TPSA) is 53.8 Å². The van der Waals surface area contributed by atoms with Crippen molar-refractivity contribution in [2.24, 2.45) is 0 Å². The molecule has 72 valence electrons. The van der Waals surface area contributed by atoms with Crippen molar-refractivity contribution < 1.29 is 13.6 Å². The Kier molecular flexibility index (Phi) is 3.10. The molecule has 0 amide bonds. The first kappa shape index (κ1) is 10.5. The van der Waals surface area contributed by atoms with Crippen LogP contribution in [-0.4, -0.2) is 10.2 Å². The molecule has 1 aromatic rings. The molecule has 0 fully saturated rings. The smallest absolute Gasteiger partial charge is 0.265 e. The fraction of sp³-hybridized carbons (Fsp3) is 0.125. The van der Waals surface area contributed by atoms with E-state index in [9.17, 15) is 13.6 Å². The lowest BCUT2D eigenvalue weighted by atomic mass is 10.1. The molecule has 1 heterocycles. The maximum absolute atomic E-state index is 12.2. The Balaban J connectivity index is 3.30. The third kappa shape index (κ3) is 2.03. The second-order valence-corrected chi connectivity index (χ2v) is 2.69. The highest BCUT2D eigenvalue weighted by Crippen LogP contribution is 2.20. The van der Waals surface area contributed by atoms with Crippen LogP contribution in [0.5, 0.6) is 0 Å². The Morgan fingerprint density at radius 2 is 2.29 bits per heavy atom. The SMILES string of the molecule is N#Cc1ncc(C(F)F)cc1C(=O)Cl. The third-order valence-electron chi connectivity index (χ3n) is 1.48. The van der Waals surface area contributed by atoms with Gasteiger partial charge in [-0.05, 0) is 17.7 Å². The molecule has 14 heavy (non-hydrogen) atoms. The molecule has 3 nitrogen and oxygen atoms in total. The maximum atomic E-state index is 12.2. The van der Waals surface area contributed by atoms with Crippen LogP contribution in [0.3, 0.4) is 0 Å². The van der Waals surface area contributed by atoms with E-state index < -0.39 is 17.2 Å². The number of carbonyl (C=O) groups is 1. The molecule has 0 saturated carbocycles. The summed E-state index contributed by atoms with van der Waals surface area (Å²) in [6.07, 6.45) is -1.91. The zero-order valence-corrected chi connectivity index (χ0v) is 7.42. The molecule has 0 spiro atoms. The van der Waals surface area contributed by atoms with Crippen molar-refractivity contribution in [3.05, 3.63) is 29.1 Å². The first-order valence-electron chi connectivity index (χ1n) is 3.44. The van der Waals surface area contributed by atoms with Gasteiger partial charge in [-0.2, -0.15) is 5.26 Å². The van der Waals surface area contributed by atoms with Gasteiger partial charge < -0.3 is 0 Å². The van der Waals surface area contributed by atoms with E-state index in [4.69, 9.17) is 16.9 Å². The van der Waals surface area contributed by atoms with E-state index in [1.54, 1.807) is 6.07 Å². The predicted molar refractivity (Wildman–Crippen MR) is 44.1 cm³/mol. The van der Waals surface area contributed by atoms with Crippen LogP contribution in [0, 0.1) is 11.3 Å². The lowest BCUT2D eigenvalue weighted by Gasteiger charge is -2.01. The summed E-state index contributed by atoms with van der Waals surface area (Å²) in [5.74, 6) is 0. The van der Waals surface area contributed by atoms with Crippen LogP contribution in [0.25, 0.3) is 0 Å². The monoisotopic (exact) mass is 216 g/mol. The van der Waals surface area contributed by atoms with Gasteiger partial charge >= 0.3 is 0 Å². The fourth-order valence-electron chi connectivity index (χ4n) is 0.839. The van der Waals surface area contributed by atoms with Crippen LogP contribution in [0.4, 0.5) is 8.78 Å². The molecule has 0 aliphatic rings. The average Bonchev–Trinajstić information content (AvgIpc) is 2.16. The summed E-state index contributed by atoms with van der Waals surface area (Å²) in [6.45, 7) is 0. The molecule has 1 rings (SSSR count). The minimum absolute atomic E-state index is 0.255. The van der Waals surface area contributed by atoms with Gasteiger partial charge in [0.05, 0.1) is 5.56 Å². The van der Waals surface area contributed by atoms with Gasteiger partial charge in [0, 0.05) is 11.8 Å². The maximum Gasteiger partial charge on any atom is 0.265 e. The number of alkyl halides is 2. The Morgan fingerprint density at radius 3 is 2.71 bits per heavy atom. The molecule has 0 radical (unpaired) electrons. The minimum Gasteiger partial charge on any atom is -0.275 e. The minimum atomic E-state index is -2.75. The number of hydrogen-bond donors (Lipinski definition) is 0. The molecule has 0 N–H and O–H groups in total. The van der Waals surface area contributed by atoms with E-state index in [0.29, 0.717) is 0 Å². The van der Waals surface area contributed by atoms with Gasteiger partial charge in [0.25, 0.3) is 11.7 Å². The number of pyridine rings is 1. The highest BCUT2D eigenvalue weighted by Gasteiger charge is 2.15. The zero-order chi connectivity index (χ0) is 10.7. The van der Waals surface area contributed by atoms with Crippen molar-refractivity contribution in [2.45, 2.75) is 6.43 Å². The molecular formula is C8H3ClF2N2O. The summed E-state index contributed by atoms with van der Waals surface area (Å²) in [5.41, 5.74) is -0.991. The van der Waals surface area contributed by atoms with E-state index in [-0.39, 0.29) is 11.3 Å². The van der Waals surface area contributed by atoms with Crippen LogP contribution < -0.4 is 0 Å². The van der Waals surface area contributed by atoms with Gasteiger partial charge in [0.2, 0.25) is 0 Å². The van der Waals surface area contributed by atoms with Crippen molar-refractivity contribution in [3.8, 4) is 6.07 Å². The third-order valence-corrected chi connectivity index (χ3v) is 1.68. The molecule has 0 aromatic carbocycles. The van der Waals surface area contributed by atoms with Crippen molar-refractivity contribution in [3.63, 3.8) is 0 Å². The van der Waals surface area contributed by atoms with Crippen LogP contribution in [-0.2, 0) is 0 Å². The van der Waals surface area contributed by atoms with E-state index >= 15 is 0 Å². The predicted octanol–water partition coefficient (Wildman–Crippen LogP) is 2.27. The second-order valence-electron chi connectivity index (χ2n) is 2.35. The second kappa shape index (κ2) is 4.11. The number of nitriles is 1. The van der Waals surface area contributed by atoms with Crippen molar-refractivity contribution >= 4 is 16.8 Å². The fourth-order valence-corrected chi connectivity index (χ4v) is 0.983. The number of hydrogen-bond acceptors (Lipinski definition) is 3. The Bertz CT molecular complexity index is 414. The van der Waals surface area contributed by atoms with E-state index in [0.717, 1.165) is 12.3 Å². The number of aromatic nitrogens is 1. The molecule has 0 aliphatic heterocycles. The van der Waals surface area contributed by atoms with E-state index in [1.807, 2.05) is 0 Å². The number of halogens is 3. The molecule has 0 saturated heterocycles. The highest BCUT2D eigenvalue weighted by molar-refractivity contribution is 6.68. The highest BCUT2D eigenvalue weighted by atomic mass is 35.5.